The summed E-state index contributed by atoms with van der Waals surface area (Å²) in [5.74, 6) is 1.39. The Kier molecular flexibility index (Phi) is 2.64. The van der Waals surface area contributed by atoms with Gasteiger partial charge in [0, 0.05) is 17.7 Å². The maximum atomic E-state index is 10.9. The van der Waals surface area contributed by atoms with Crippen molar-refractivity contribution in [2.45, 2.75) is 27.2 Å². The predicted octanol–water partition coefficient (Wildman–Crippen LogP) is 2.66. The first-order valence-corrected chi connectivity index (χ1v) is 5.26. The van der Waals surface area contributed by atoms with Gasteiger partial charge in [-0.25, -0.2) is 4.98 Å². The molecule has 16 heavy (non-hydrogen) atoms. The molecule has 0 aliphatic rings. The van der Waals surface area contributed by atoms with Crippen molar-refractivity contribution in [3.05, 3.63) is 28.8 Å². The lowest BCUT2D eigenvalue weighted by Gasteiger charge is -1.93. The molecule has 2 rings (SSSR count). The summed E-state index contributed by atoms with van der Waals surface area (Å²) in [6.45, 7) is 5.76. The Morgan fingerprint density at radius 3 is 2.75 bits per heavy atom. The molecule has 1 N–H and O–H groups in total. The van der Waals surface area contributed by atoms with Crippen LogP contribution >= 0.6 is 0 Å². The van der Waals surface area contributed by atoms with E-state index >= 15 is 0 Å². The van der Waals surface area contributed by atoms with Crippen LogP contribution in [0.15, 0.2) is 10.6 Å². The highest BCUT2D eigenvalue weighted by molar-refractivity contribution is 5.82. The fraction of sp³-hybridized carbons (Fsp3) is 0.333. The Morgan fingerprint density at radius 2 is 2.25 bits per heavy atom. The Labute approximate surface area is 93.7 Å². The average molecular weight is 218 g/mol. The molecule has 0 aliphatic carbocycles. The summed E-state index contributed by atoms with van der Waals surface area (Å²) < 4.78 is 5.55. The molecule has 0 aliphatic heterocycles. The lowest BCUT2D eigenvalue weighted by molar-refractivity contribution is 0.112. The van der Waals surface area contributed by atoms with Gasteiger partial charge < -0.3 is 9.40 Å². The third-order valence-corrected chi connectivity index (χ3v) is 2.73. The minimum atomic E-state index is 0.547. The SMILES string of the molecule is CCc1cnc(-c2[nH]c(C)c(C=O)c2C)o1. The number of aromatic amines is 1. The number of nitrogens with zero attached hydrogens (tertiary/aromatic N) is 1. The maximum absolute atomic E-state index is 10.9. The number of carbonyl (C=O) groups is 1. The maximum Gasteiger partial charge on any atom is 0.243 e. The van der Waals surface area contributed by atoms with Gasteiger partial charge in [-0.2, -0.15) is 0 Å². The molecule has 0 spiro atoms. The van der Waals surface area contributed by atoms with Crippen LogP contribution < -0.4 is 0 Å². The van der Waals surface area contributed by atoms with Crippen molar-refractivity contribution in [2.24, 2.45) is 0 Å². The van der Waals surface area contributed by atoms with Crippen molar-refractivity contribution >= 4 is 6.29 Å². The van der Waals surface area contributed by atoms with E-state index in [4.69, 9.17) is 4.42 Å². The van der Waals surface area contributed by atoms with Crippen molar-refractivity contribution in [3.63, 3.8) is 0 Å². The summed E-state index contributed by atoms with van der Waals surface area (Å²) in [7, 11) is 0. The van der Waals surface area contributed by atoms with Crippen molar-refractivity contribution < 1.29 is 9.21 Å². The van der Waals surface area contributed by atoms with Crippen LogP contribution in [-0.4, -0.2) is 16.3 Å². The summed E-state index contributed by atoms with van der Waals surface area (Å²) in [5, 5.41) is 0. The molecule has 4 heteroatoms. The number of rotatable bonds is 3. The smallest absolute Gasteiger partial charge is 0.243 e. The molecule has 0 aromatic carbocycles. The minimum absolute atomic E-state index is 0.547. The van der Waals surface area contributed by atoms with Crippen molar-refractivity contribution in [3.8, 4) is 11.6 Å². The van der Waals surface area contributed by atoms with E-state index in [1.54, 1.807) is 6.20 Å². The number of hydrogen-bond donors (Lipinski definition) is 1. The Balaban J connectivity index is 2.51. The third kappa shape index (κ3) is 1.56. The van der Waals surface area contributed by atoms with Crippen LogP contribution in [0.4, 0.5) is 0 Å². The van der Waals surface area contributed by atoms with E-state index in [1.165, 1.54) is 0 Å². The second-order valence-electron chi connectivity index (χ2n) is 3.77. The molecule has 84 valence electrons. The molecule has 2 heterocycles. The number of oxazole rings is 1. The molecule has 4 nitrogen and oxygen atoms in total. The van der Waals surface area contributed by atoms with E-state index in [2.05, 4.69) is 9.97 Å². The van der Waals surface area contributed by atoms with Gasteiger partial charge in [-0.15, -0.1) is 0 Å². The van der Waals surface area contributed by atoms with Crippen molar-refractivity contribution in [1.29, 1.82) is 0 Å². The second kappa shape index (κ2) is 3.96. The number of aryl methyl sites for hydroxylation is 2. The standard InChI is InChI=1S/C12H14N2O2/c1-4-9-5-13-12(16-9)11-7(2)10(6-15)8(3)14-11/h5-6,14H,4H2,1-3H3. The van der Waals surface area contributed by atoms with Gasteiger partial charge in [0.05, 0.1) is 6.20 Å². The molecule has 2 aromatic rings. The molecular weight excluding hydrogens is 204 g/mol. The molecule has 0 unspecified atom stereocenters. The van der Waals surface area contributed by atoms with Crippen LogP contribution in [0.2, 0.25) is 0 Å². The zero-order chi connectivity index (χ0) is 11.7. The highest BCUT2D eigenvalue weighted by Gasteiger charge is 2.15. The van der Waals surface area contributed by atoms with Crippen LogP contribution in [0.25, 0.3) is 11.6 Å². The highest BCUT2D eigenvalue weighted by atomic mass is 16.4. The fourth-order valence-corrected chi connectivity index (χ4v) is 1.74. The van der Waals surface area contributed by atoms with E-state index in [-0.39, 0.29) is 0 Å². The summed E-state index contributed by atoms with van der Waals surface area (Å²) in [6.07, 6.45) is 3.38. The third-order valence-electron chi connectivity index (χ3n) is 2.73. The van der Waals surface area contributed by atoms with Crippen LogP contribution in [0.1, 0.15) is 34.3 Å². The Morgan fingerprint density at radius 1 is 1.50 bits per heavy atom. The zero-order valence-electron chi connectivity index (χ0n) is 9.63. The molecule has 0 fully saturated rings. The van der Waals surface area contributed by atoms with E-state index in [0.29, 0.717) is 11.5 Å². The lowest BCUT2D eigenvalue weighted by Crippen LogP contribution is -1.83. The average Bonchev–Trinajstić information content (AvgIpc) is 2.83. The quantitative estimate of drug-likeness (QED) is 0.806. The molecule has 0 radical (unpaired) electrons. The van der Waals surface area contributed by atoms with Crippen LogP contribution in [0.3, 0.4) is 0 Å². The van der Waals surface area contributed by atoms with Gasteiger partial charge in [-0.1, -0.05) is 6.92 Å². The first-order chi connectivity index (χ1) is 7.67. The van der Waals surface area contributed by atoms with Crippen molar-refractivity contribution in [1.82, 2.24) is 9.97 Å². The zero-order valence-corrected chi connectivity index (χ0v) is 9.63. The van der Waals surface area contributed by atoms with Crippen LogP contribution in [0.5, 0.6) is 0 Å². The normalized spacial score (nSPS) is 10.7. The number of carbonyl (C=O) groups excluding carboxylic acids is 1. The highest BCUT2D eigenvalue weighted by Crippen LogP contribution is 2.26. The summed E-state index contributed by atoms with van der Waals surface area (Å²) in [5.41, 5.74) is 3.21. The van der Waals surface area contributed by atoms with Gasteiger partial charge in [0.25, 0.3) is 0 Å². The molecule has 0 saturated heterocycles. The fourth-order valence-electron chi connectivity index (χ4n) is 1.74. The second-order valence-corrected chi connectivity index (χ2v) is 3.77. The molecule has 0 saturated carbocycles. The van der Waals surface area contributed by atoms with Gasteiger partial charge in [0.2, 0.25) is 5.89 Å². The van der Waals surface area contributed by atoms with Crippen LogP contribution in [0, 0.1) is 13.8 Å². The summed E-state index contributed by atoms with van der Waals surface area (Å²) in [6, 6.07) is 0. The molecular formula is C12H14N2O2. The Hall–Kier alpha value is -1.84. The largest absolute Gasteiger partial charge is 0.440 e. The number of H-pyrrole nitrogens is 1. The summed E-state index contributed by atoms with van der Waals surface area (Å²) >= 11 is 0. The van der Waals surface area contributed by atoms with Gasteiger partial charge in [-0.3, -0.25) is 4.79 Å². The molecule has 0 atom stereocenters. The van der Waals surface area contributed by atoms with Gasteiger partial charge in [-0.05, 0) is 19.4 Å². The lowest BCUT2D eigenvalue weighted by atomic mass is 10.1. The first kappa shape index (κ1) is 10.7. The van der Waals surface area contributed by atoms with Crippen molar-refractivity contribution in [2.75, 3.05) is 0 Å². The number of hydrogen-bond acceptors (Lipinski definition) is 3. The van der Waals surface area contributed by atoms with Gasteiger partial charge >= 0.3 is 0 Å². The molecule has 0 amide bonds. The van der Waals surface area contributed by atoms with E-state index < -0.39 is 0 Å². The molecule has 2 aromatic heterocycles. The van der Waals surface area contributed by atoms with E-state index in [1.807, 2.05) is 20.8 Å². The summed E-state index contributed by atoms with van der Waals surface area (Å²) in [4.78, 5) is 18.2. The topological polar surface area (TPSA) is 58.9 Å². The van der Waals surface area contributed by atoms with Crippen LogP contribution in [-0.2, 0) is 6.42 Å². The van der Waals surface area contributed by atoms with E-state index in [0.717, 1.165) is 35.4 Å². The minimum Gasteiger partial charge on any atom is -0.440 e. The monoisotopic (exact) mass is 218 g/mol. The first-order valence-electron chi connectivity index (χ1n) is 5.26. The predicted molar refractivity (Wildman–Crippen MR) is 60.5 cm³/mol. The number of aromatic nitrogens is 2. The Bertz CT molecular complexity index is 523. The number of aldehydes is 1. The van der Waals surface area contributed by atoms with Gasteiger partial charge in [0.15, 0.2) is 6.29 Å². The van der Waals surface area contributed by atoms with Gasteiger partial charge in [0.1, 0.15) is 11.5 Å². The number of nitrogens with one attached hydrogen (secondary N) is 1. The van der Waals surface area contributed by atoms with E-state index in [9.17, 15) is 4.79 Å². The molecule has 0 bridgehead atoms.